The van der Waals surface area contributed by atoms with Gasteiger partial charge in [0.15, 0.2) is 0 Å². The van der Waals surface area contributed by atoms with Crippen molar-refractivity contribution >= 4 is 6.09 Å². The van der Waals surface area contributed by atoms with E-state index in [0.29, 0.717) is 12.3 Å². The molecule has 19 heavy (non-hydrogen) atoms. The first-order valence-corrected chi connectivity index (χ1v) is 6.93. The van der Waals surface area contributed by atoms with E-state index in [1.165, 1.54) is 25.9 Å². The van der Waals surface area contributed by atoms with Crippen molar-refractivity contribution in [3.63, 3.8) is 0 Å². The van der Waals surface area contributed by atoms with Crippen LogP contribution in [-0.4, -0.2) is 37.7 Å². The highest BCUT2D eigenvalue weighted by atomic mass is 16.5. The van der Waals surface area contributed by atoms with Crippen LogP contribution in [0, 0.1) is 5.92 Å². The quantitative estimate of drug-likeness (QED) is 0.906. The summed E-state index contributed by atoms with van der Waals surface area (Å²) in [4.78, 5) is 13.9. The molecule has 0 atom stereocenters. The van der Waals surface area contributed by atoms with E-state index in [-0.39, 0.29) is 6.09 Å². The number of carbonyl (C=O) groups excluding carboxylic acids is 1. The lowest BCUT2D eigenvalue weighted by molar-refractivity contribution is 0.193. The molecule has 1 aromatic carbocycles. The normalized spacial score (nSPS) is 17.1. The molecule has 0 aliphatic carbocycles. The average molecular weight is 262 g/mol. The molecule has 104 valence electrons. The maximum Gasteiger partial charge on any atom is 0.412 e. The van der Waals surface area contributed by atoms with Crippen molar-refractivity contribution in [1.29, 1.82) is 0 Å². The van der Waals surface area contributed by atoms with Gasteiger partial charge in [-0.3, -0.25) is 0 Å². The van der Waals surface area contributed by atoms with Gasteiger partial charge in [0, 0.05) is 6.54 Å². The van der Waals surface area contributed by atoms with E-state index in [9.17, 15) is 4.79 Å². The van der Waals surface area contributed by atoms with Crippen molar-refractivity contribution in [3.05, 3.63) is 30.3 Å². The zero-order valence-corrected chi connectivity index (χ0v) is 11.5. The second-order valence-corrected chi connectivity index (χ2v) is 5.16. The van der Waals surface area contributed by atoms with E-state index in [1.54, 1.807) is 12.1 Å². The maximum atomic E-state index is 11.6. The standard InChI is InChI=1S/C15H22N2O2/c1-17-11-8-13(9-12-17)7-10-16-15(18)19-14-5-3-2-4-6-14/h2-6,13H,7-12H2,1H3,(H,16,18). The molecular weight excluding hydrogens is 240 g/mol. The predicted octanol–water partition coefficient (Wildman–Crippen LogP) is 2.51. The number of piperidine rings is 1. The van der Waals surface area contributed by atoms with Gasteiger partial charge in [-0.15, -0.1) is 0 Å². The zero-order chi connectivity index (χ0) is 13.5. The fourth-order valence-electron chi connectivity index (χ4n) is 2.36. The topological polar surface area (TPSA) is 41.6 Å². The Bertz CT molecular complexity index is 386. The van der Waals surface area contributed by atoms with Gasteiger partial charge >= 0.3 is 6.09 Å². The van der Waals surface area contributed by atoms with Gasteiger partial charge in [0.2, 0.25) is 0 Å². The number of hydrogen-bond donors (Lipinski definition) is 1. The van der Waals surface area contributed by atoms with Crippen molar-refractivity contribution in [2.75, 3.05) is 26.7 Å². The first-order valence-electron chi connectivity index (χ1n) is 6.93. The molecule has 2 rings (SSSR count). The fourth-order valence-corrected chi connectivity index (χ4v) is 2.36. The van der Waals surface area contributed by atoms with E-state index >= 15 is 0 Å². The molecule has 0 spiro atoms. The Balaban J connectivity index is 1.62. The Kier molecular flexibility index (Phi) is 5.21. The molecule has 4 nitrogen and oxygen atoms in total. The number of likely N-dealkylation sites (tertiary alicyclic amines) is 1. The molecule has 1 aromatic rings. The largest absolute Gasteiger partial charge is 0.412 e. The first kappa shape index (κ1) is 13.9. The van der Waals surface area contributed by atoms with Gasteiger partial charge in [-0.1, -0.05) is 18.2 Å². The summed E-state index contributed by atoms with van der Waals surface area (Å²) >= 11 is 0. The Morgan fingerprint density at radius 3 is 2.68 bits per heavy atom. The number of amides is 1. The minimum atomic E-state index is -0.362. The maximum absolute atomic E-state index is 11.6. The summed E-state index contributed by atoms with van der Waals surface area (Å²) in [5.41, 5.74) is 0. The third-order valence-corrected chi connectivity index (χ3v) is 3.61. The molecule has 0 unspecified atom stereocenters. The monoisotopic (exact) mass is 262 g/mol. The Hall–Kier alpha value is -1.55. The highest BCUT2D eigenvalue weighted by molar-refractivity contribution is 5.70. The third-order valence-electron chi connectivity index (χ3n) is 3.61. The average Bonchev–Trinajstić information content (AvgIpc) is 2.42. The van der Waals surface area contributed by atoms with E-state index in [0.717, 1.165) is 12.3 Å². The summed E-state index contributed by atoms with van der Waals surface area (Å²) in [6, 6.07) is 9.14. The summed E-state index contributed by atoms with van der Waals surface area (Å²) in [6.07, 6.45) is 3.13. The summed E-state index contributed by atoms with van der Waals surface area (Å²) in [7, 11) is 2.16. The van der Waals surface area contributed by atoms with E-state index in [1.807, 2.05) is 18.2 Å². The number of nitrogens with one attached hydrogen (secondary N) is 1. The molecular formula is C15H22N2O2. The predicted molar refractivity (Wildman–Crippen MR) is 75.3 cm³/mol. The van der Waals surface area contributed by atoms with Gasteiger partial charge in [-0.25, -0.2) is 4.79 Å². The Labute approximate surface area is 114 Å². The lowest BCUT2D eigenvalue weighted by Gasteiger charge is -2.28. The molecule has 1 saturated heterocycles. The summed E-state index contributed by atoms with van der Waals surface area (Å²) in [6.45, 7) is 3.03. The van der Waals surface area contributed by atoms with E-state index in [4.69, 9.17) is 4.74 Å². The highest BCUT2D eigenvalue weighted by Gasteiger charge is 2.16. The van der Waals surface area contributed by atoms with Gasteiger partial charge in [0.25, 0.3) is 0 Å². The number of rotatable bonds is 4. The Morgan fingerprint density at radius 1 is 1.32 bits per heavy atom. The summed E-state index contributed by atoms with van der Waals surface area (Å²) in [5.74, 6) is 1.31. The van der Waals surface area contributed by atoms with Crippen LogP contribution < -0.4 is 10.1 Å². The second kappa shape index (κ2) is 7.14. The van der Waals surface area contributed by atoms with E-state index in [2.05, 4.69) is 17.3 Å². The molecule has 1 aliphatic heterocycles. The first-order chi connectivity index (χ1) is 9.24. The molecule has 0 saturated carbocycles. The minimum absolute atomic E-state index is 0.362. The number of carbonyl (C=O) groups is 1. The third kappa shape index (κ3) is 4.91. The van der Waals surface area contributed by atoms with Crippen molar-refractivity contribution in [2.24, 2.45) is 5.92 Å². The molecule has 1 heterocycles. The van der Waals surface area contributed by atoms with Gasteiger partial charge in [-0.2, -0.15) is 0 Å². The summed E-state index contributed by atoms with van der Waals surface area (Å²) < 4.78 is 5.16. The van der Waals surface area contributed by atoms with Crippen LogP contribution in [0.3, 0.4) is 0 Å². The lowest BCUT2D eigenvalue weighted by atomic mass is 9.94. The van der Waals surface area contributed by atoms with Crippen LogP contribution in [0.25, 0.3) is 0 Å². The minimum Gasteiger partial charge on any atom is -0.410 e. The number of ether oxygens (including phenoxy) is 1. The highest BCUT2D eigenvalue weighted by Crippen LogP contribution is 2.18. The second-order valence-electron chi connectivity index (χ2n) is 5.16. The van der Waals surface area contributed by atoms with Crippen LogP contribution in [0.2, 0.25) is 0 Å². The Morgan fingerprint density at radius 2 is 2.00 bits per heavy atom. The van der Waals surface area contributed by atoms with Crippen LogP contribution in [0.5, 0.6) is 5.75 Å². The number of nitrogens with zero attached hydrogens (tertiary/aromatic N) is 1. The van der Waals surface area contributed by atoms with Crippen molar-refractivity contribution in [2.45, 2.75) is 19.3 Å². The van der Waals surface area contributed by atoms with Crippen molar-refractivity contribution in [3.8, 4) is 5.75 Å². The van der Waals surface area contributed by atoms with Crippen LogP contribution in [0.4, 0.5) is 4.79 Å². The zero-order valence-electron chi connectivity index (χ0n) is 11.5. The molecule has 1 fully saturated rings. The van der Waals surface area contributed by atoms with Gasteiger partial charge < -0.3 is 15.0 Å². The van der Waals surface area contributed by atoms with Crippen molar-refractivity contribution in [1.82, 2.24) is 10.2 Å². The lowest BCUT2D eigenvalue weighted by Crippen LogP contribution is -2.33. The summed E-state index contributed by atoms with van der Waals surface area (Å²) in [5, 5.41) is 2.81. The smallest absolute Gasteiger partial charge is 0.410 e. The molecule has 0 radical (unpaired) electrons. The molecule has 0 bridgehead atoms. The van der Waals surface area contributed by atoms with Crippen LogP contribution in [0.1, 0.15) is 19.3 Å². The van der Waals surface area contributed by atoms with E-state index < -0.39 is 0 Å². The van der Waals surface area contributed by atoms with Crippen LogP contribution in [0.15, 0.2) is 30.3 Å². The number of para-hydroxylation sites is 1. The van der Waals surface area contributed by atoms with Crippen LogP contribution in [-0.2, 0) is 0 Å². The van der Waals surface area contributed by atoms with Gasteiger partial charge in [0.1, 0.15) is 5.75 Å². The molecule has 1 N–H and O–H groups in total. The fraction of sp³-hybridized carbons (Fsp3) is 0.533. The molecule has 0 aromatic heterocycles. The molecule has 1 aliphatic rings. The van der Waals surface area contributed by atoms with Crippen molar-refractivity contribution < 1.29 is 9.53 Å². The number of benzene rings is 1. The van der Waals surface area contributed by atoms with Gasteiger partial charge in [-0.05, 0) is 57.5 Å². The molecule has 1 amide bonds. The SMILES string of the molecule is CN1CCC(CCNC(=O)Oc2ccccc2)CC1. The van der Waals surface area contributed by atoms with Crippen LogP contribution >= 0.6 is 0 Å². The number of hydrogen-bond acceptors (Lipinski definition) is 3. The van der Waals surface area contributed by atoms with Gasteiger partial charge in [0.05, 0.1) is 0 Å². The molecule has 4 heteroatoms.